The molecule has 7 nitrogen and oxygen atoms in total. The maximum Gasteiger partial charge on any atom is 0.253 e. The van der Waals surface area contributed by atoms with Crippen molar-refractivity contribution in [3.8, 4) is 0 Å². The third-order valence-corrected chi connectivity index (χ3v) is 6.88. The summed E-state index contributed by atoms with van der Waals surface area (Å²) in [5.41, 5.74) is 2.36. The summed E-state index contributed by atoms with van der Waals surface area (Å²) in [6, 6.07) is 10.8. The van der Waals surface area contributed by atoms with Crippen LogP contribution in [-0.4, -0.2) is 62.0 Å². The molecule has 0 aliphatic carbocycles. The van der Waals surface area contributed by atoms with Crippen molar-refractivity contribution in [2.24, 2.45) is 0 Å². The van der Waals surface area contributed by atoms with E-state index in [0.717, 1.165) is 5.56 Å². The summed E-state index contributed by atoms with van der Waals surface area (Å²) in [5.74, 6) is -0.503. The molecule has 0 atom stereocenters. The Morgan fingerprint density at radius 3 is 2.25 bits per heavy atom. The van der Waals surface area contributed by atoms with Crippen LogP contribution >= 0.6 is 0 Å². The highest BCUT2D eigenvalue weighted by Crippen LogP contribution is 2.20. The zero-order valence-electron chi connectivity index (χ0n) is 18.3. The van der Waals surface area contributed by atoms with Gasteiger partial charge in [-0.15, -0.1) is 0 Å². The highest BCUT2D eigenvalue weighted by atomic mass is 32.2. The van der Waals surface area contributed by atoms with Crippen LogP contribution in [0.25, 0.3) is 0 Å². The SMILES string of the molecule is CCCS(=O)(=O)Nc1ccc(C(=O)N2CCN(C(=O)Cc3ccc(F)cc3)CC2)cc1C.[HH]. The van der Waals surface area contributed by atoms with E-state index in [1.54, 1.807) is 54.0 Å². The van der Waals surface area contributed by atoms with Crippen molar-refractivity contribution in [2.45, 2.75) is 26.7 Å². The summed E-state index contributed by atoms with van der Waals surface area (Å²) in [6.07, 6.45) is 0.714. The molecule has 2 aromatic rings. The number of carbonyl (C=O) groups excluding carboxylic acids is 2. The minimum atomic E-state index is -3.40. The Morgan fingerprint density at radius 1 is 1.03 bits per heavy atom. The van der Waals surface area contributed by atoms with Gasteiger partial charge >= 0.3 is 0 Å². The number of hydrogen-bond acceptors (Lipinski definition) is 4. The number of aryl methyl sites for hydroxylation is 1. The molecule has 1 fully saturated rings. The molecule has 174 valence electrons. The van der Waals surface area contributed by atoms with E-state index in [-0.39, 0.29) is 31.2 Å². The number of carbonyl (C=O) groups is 2. The van der Waals surface area contributed by atoms with Crippen LogP contribution in [-0.2, 0) is 21.2 Å². The topological polar surface area (TPSA) is 86.8 Å². The van der Waals surface area contributed by atoms with Gasteiger partial charge in [0.05, 0.1) is 17.9 Å². The van der Waals surface area contributed by atoms with Gasteiger partial charge in [-0.05, 0) is 54.8 Å². The van der Waals surface area contributed by atoms with Crippen LogP contribution in [0.4, 0.5) is 10.1 Å². The van der Waals surface area contributed by atoms with Gasteiger partial charge in [0, 0.05) is 33.2 Å². The van der Waals surface area contributed by atoms with Crippen molar-refractivity contribution in [1.29, 1.82) is 0 Å². The predicted molar refractivity (Wildman–Crippen MR) is 124 cm³/mol. The molecule has 1 aliphatic rings. The number of rotatable bonds is 7. The highest BCUT2D eigenvalue weighted by Gasteiger charge is 2.25. The van der Waals surface area contributed by atoms with E-state index in [1.807, 2.05) is 0 Å². The first kappa shape index (κ1) is 23.7. The number of benzene rings is 2. The van der Waals surface area contributed by atoms with Crippen molar-refractivity contribution in [3.63, 3.8) is 0 Å². The molecule has 0 spiro atoms. The van der Waals surface area contributed by atoms with Crippen molar-refractivity contribution in [1.82, 2.24) is 9.80 Å². The second kappa shape index (κ2) is 10.1. The Bertz CT molecular complexity index is 1090. The summed E-state index contributed by atoms with van der Waals surface area (Å²) in [5, 5.41) is 0. The molecule has 32 heavy (non-hydrogen) atoms. The molecule has 2 amide bonds. The van der Waals surface area contributed by atoms with Gasteiger partial charge in [-0.2, -0.15) is 0 Å². The Balaban J connectivity index is 0.00000385. The first-order chi connectivity index (χ1) is 15.2. The second-order valence-electron chi connectivity index (χ2n) is 7.93. The van der Waals surface area contributed by atoms with E-state index in [1.165, 1.54) is 12.1 Å². The number of hydrogen-bond donors (Lipinski definition) is 1. The average Bonchev–Trinajstić information content (AvgIpc) is 2.76. The largest absolute Gasteiger partial charge is 0.339 e. The lowest BCUT2D eigenvalue weighted by Crippen LogP contribution is -2.51. The fourth-order valence-electron chi connectivity index (χ4n) is 3.63. The average molecular weight is 464 g/mol. The number of amides is 2. The van der Waals surface area contributed by atoms with Gasteiger partial charge in [0.1, 0.15) is 5.82 Å². The van der Waals surface area contributed by atoms with Crippen LogP contribution < -0.4 is 4.72 Å². The van der Waals surface area contributed by atoms with Crippen molar-refractivity contribution >= 4 is 27.5 Å². The van der Waals surface area contributed by atoms with Gasteiger partial charge in [0.15, 0.2) is 0 Å². The number of sulfonamides is 1. The van der Waals surface area contributed by atoms with Gasteiger partial charge in [-0.3, -0.25) is 14.3 Å². The minimum absolute atomic E-state index is 0. The zero-order valence-corrected chi connectivity index (χ0v) is 19.1. The lowest BCUT2D eigenvalue weighted by molar-refractivity contribution is -0.131. The Morgan fingerprint density at radius 2 is 1.66 bits per heavy atom. The highest BCUT2D eigenvalue weighted by molar-refractivity contribution is 7.92. The summed E-state index contributed by atoms with van der Waals surface area (Å²) < 4.78 is 39.6. The molecule has 0 saturated carbocycles. The number of nitrogens with zero attached hydrogens (tertiary/aromatic N) is 2. The second-order valence-corrected chi connectivity index (χ2v) is 9.77. The zero-order chi connectivity index (χ0) is 23.3. The van der Waals surface area contributed by atoms with E-state index < -0.39 is 10.0 Å². The monoisotopic (exact) mass is 463 g/mol. The van der Waals surface area contributed by atoms with E-state index in [4.69, 9.17) is 0 Å². The first-order valence-electron chi connectivity index (χ1n) is 10.6. The Labute approximate surface area is 189 Å². The normalized spacial score (nSPS) is 14.3. The van der Waals surface area contributed by atoms with Crippen LogP contribution in [0.15, 0.2) is 42.5 Å². The fraction of sp³-hybridized carbons (Fsp3) is 0.391. The van der Waals surface area contributed by atoms with Crippen molar-refractivity contribution < 1.29 is 23.8 Å². The summed E-state index contributed by atoms with van der Waals surface area (Å²) in [6.45, 7) is 5.24. The molecular weight excluding hydrogens is 433 g/mol. The number of halogens is 1. The number of piperazine rings is 1. The van der Waals surface area contributed by atoms with Crippen LogP contribution in [0.1, 0.15) is 36.3 Å². The van der Waals surface area contributed by atoms with Gasteiger partial charge in [-0.1, -0.05) is 19.1 Å². The van der Waals surface area contributed by atoms with Gasteiger partial charge in [0.25, 0.3) is 5.91 Å². The quantitative estimate of drug-likeness (QED) is 0.684. The molecule has 0 aromatic heterocycles. The summed E-state index contributed by atoms with van der Waals surface area (Å²) >= 11 is 0. The third kappa shape index (κ3) is 6.06. The smallest absolute Gasteiger partial charge is 0.253 e. The molecule has 3 rings (SSSR count). The van der Waals surface area contributed by atoms with Crippen LogP contribution in [0.5, 0.6) is 0 Å². The Hall–Kier alpha value is -2.94. The molecule has 0 unspecified atom stereocenters. The minimum Gasteiger partial charge on any atom is -0.339 e. The molecule has 1 N–H and O–H groups in total. The molecule has 2 aromatic carbocycles. The molecule has 0 radical (unpaired) electrons. The van der Waals surface area contributed by atoms with Gasteiger partial charge < -0.3 is 9.80 Å². The summed E-state index contributed by atoms with van der Waals surface area (Å²) in [4.78, 5) is 28.8. The van der Waals surface area contributed by atoms with Crippen LogP contribution in [0.3, 0.4) is 0 Å². The van der Waals surface area contributed by atoms with Gasteiger partial charge in [0.2, 0.25) is 15.9 Å². The molecule has 9 heteroatoms. The van der Waals surface area contributed by atoms with E-state index in [9.17, 15) is 22.4 Å². The number of anilines is 1. The van der Waals surface area contributed by atoms with E-state index >= 15 is 0 Å². The molecule has 0 bridgehead atoms. The van der Waals surface area contributed by atoms with Crippen LogP contribution in [0.2, 0.25) is 0 Å². The first-order valence-corrected chi connectivity index (χ1v) is 12.3. The van der Waals surface area contributed by atoms with Crippen LogP contribution in [0, 0.1) is 12.7 Å². The summed E-state index contributed by atoms with van der Waals surface area (Å²) in [7, 11) is -3.40. The van der Waals surface area contributed by atoms with Crippen molar-refractivity contribution in [2.75, 3.05) is 36.7 Å². The lowest BCUT2D eigenvalue weighted by atomic mass is 10.1. The molecule has 1 heterocycles. The predicted octanol–water partition coefficient (Wildman–Crippen LogP) is 3.06. The molecule has 1 saturated heterocycles. The van der Waals surface area contributed by atoms with E-state index in [2.05, 4.69) is 4.72 Å². The molecule has 1 aliphatic heterocycles. The van der Waals surface area contributed by atoms with Gasteiger partial charge in [-0.25, -0.2) is 12.8 Å². The maximum absolute atomic E-state index is 13.0. The standard InChI is InChI=1S/C23H28FN3O4S.H2/c1-3-14-32(30,31)25-21-9-6-19(15-17(21)2)23(29)27-12-10-26(11-13-27)22(28)16-18-4-7-20(24)8-5-18;/h4-9,15,25H,3,10-14,16H2,1-2H3;1H. The lowest BCUT2D eigenvalue weighted by Gasteiger charge is -2.35. The Kier molecular flexibility index (Phi) is 7.50. The molecular formula is C23H30FN3O4S. The fourth-order valence-corrected chi connectivity index (χ4v) is 4.83. The third-order valence-electron chi connectivity index (χ3n) is 5.40. The maximum atomic E-state index is 13.0. The number of nitrogens with one attached hydrogen (secondary N) is 1. The van der Waals surface area contributed by atoms with E-state index in [0.29, 0.717) is 49.4 Å². The van der Waals surface area contributed by atoms with Crippen molar-refractivity contribution in [3.05, 3.63) is 65.0 Å².